The summed E-state index contributed by atoms with van der Waals surface area (Å²) in [5, 5.41) is 4.12. The van der Waals surface area contributed by atoms with Crippen LogP contribution in [0.15, 0.2) is 24.3 Å². The predicted molar refractivity (Wildman–Crippen MR) is 71.7 cm³/mol. The van der Waals surface area contributed by atoms with Crippen LogP contribution in [-0.4, -0.2) is 9.55 Å². The fourth-order valence-electron chi connectivity index (χ4n) is 1.52. The second-order valence-corrected chi connectivity index (χ2v) is 4.59. The number of nitrogens with one attached hydrogen (secondary N) is 1. The van der Waals surface area contributed by atoms with Crippen molar-refractivity contribution in [2.75, 3.05) is 5.32 Å². The van der Waals surface area contributed by atoms with Crippen molar-refractivity contribution in [3.05, 3.63) is 46.0 Å². The molecule has 0 atom stereocenters. The van der Waals surface area contributed by atoms with E-state index < -0.39 is 0 Å². The standard InChI is InChI=1S/C12H13Cl2N3/c1-8-3-5-9(6-4-8)15-7-10-11(13)16-12(14)17(10)2/h3-6,15H,7H2,1-2H3. The van der Waals surface area contributed by atoms with Crippen molar-refractivity contribution in [1.82, 2.24) is 9.55 Å². The van der Waals surface area contributed by atoms with Crippen LogP contribution in [0.3, 0.4) is 0 Å². The molecule has 0 spiro atoms. The Morgan fingerprint density at radius 2 is 1.88 bits per heavy atom. The highest BCUT2D eigenvalue weighted by Gasteiger charge is 2.10. The quantitative estimate of drug-likeness (QED) is 0.922. The molecule has 1 heterocycles. The first kappa shape index (κ1) is 12.3. The number of nitrogens with zero attached hydrogens (tertiary/aromatic N) is 2. The monoisotopic (exact) mass is 269 g/mol. The zero-order valence-corrected chi connectivity index (χ0v) is 11.2. The third-order valence-corrected chi connectivity index (χ3v) is 3.26. The minimum absolute atomic E-state index is 0.399. The number of aromatic nitrogens is 2. The minimum Gasteiger partial charge on any atom is -0.379 e. The third-order valence-electron chi connectivity index (χ3n) is 2.62. The summed E-state index contributed by atoms with van der Waals surface area (Å²) < 4.78 is 1.77. The first-order valence-electron chi connectivity index (χ1n) is 5.25. The first-order valence-corrected chi connectivity index (χ1v) is 6.00. The molecule has 0 aliphatic carbocycles. The predicted octanol–water partition coefficient (Wildman–Crippen LogP) is 3.65. The Hall–Kier alpha value is -1.19. The van der Waals surface area contributed by atoms with Gasteiger partial charge < -0.3 is 9.88 Å². The van der Waals surface area contributed by atoms with Gasteiger partial charge in [0, 0.05) is 12.7 Å². The SMILES string of the molecule is Cc1ccc(NCc2c(Cl)nc(Cl)n2C)cc1. The zero-order valence-electron chi connectivity index (χ0n) is 9.67. The highest BCUT2D eigenvalue weighted by Crippen LogP contribution is 2.20. The van der Waals surface area contributed by atoms with Crippen LogP contribution in [0.1, 0.15) is 11.3 Å². The number of imidazole rings is 1. The van der Waals surface area contributed by atoms with Crippen LogP contribution in [0, 0.1) is 6.92 Å². The smallest absolute Gasteiger partial charge is 0.204 e. The molecule has 0 amide bonds. The zero-order chi connectivity index (χ0) is 12.4. The molecule has 0 aliphatic rings. The molecule has 0 saturated carbocycles. The summed E-state index contributed by atoms with van der Waals surface area (Å²) in [4.78, 5) is 3.99. The van der Waals surface area contributed by atoms with Crippen LogP contribution in [0.2, 0.25) is 10.4 Å². The van der Waals surface area contributed by atoms with Crippen molar-refractivity contribution < 1.29 is 0 Å². The van der Waals surface area contributed by atoms with Crippen molar-refractivity contribution in [3.8, 4) is 0 Å². The van der Waals surface area contributed by atoms with Gasteiger partial charge in [-0.2, -0.15) is 0 Å². The largest absolute Gasteiger partial charge is 0.379 e. The number of benzene rings is 1. The molecule has 0 radical (unpaired) electrons. The molecule has 2 rings (SSSR count). The van der Waals surface area contributed by atoms with Crippen molar-refractivity contribution >= 4 is 28.9 Å². The van der Waals surface area contributed by atoms with Gasteiger partial charge in [0.2, 0.25) is 5.28 Å². The molecule has 0 aliphatic heterocycles. The maximum atomic E-state index is 5.99. The van der Waals surface area contributed by atoms with Gasteiger partial charge >= 0.3 is 0 Å². The maximum Gasteiger partial charge on any atom is 0.204 e. The highest BCUT2D eigenvalue weighted by molar-refractivity contribution is 6.32. The van der Waals surface area contributed by atoms with E-state index in [1.54, 1.807) is 4.57 Å². The molecular formula is C12H13Cl2N3. The van der Waals surface area contributed by atoms with Crippen molar-refractivity contribution in [1.29, 1.82) is 0 Å². The summed E-state index contributed by atoms with van der Waals surface area (Å²) in [7, 11) is 1.84. The van der Waals surface area contributed by atoms with Gasteiger partial charge in [0.05, 0.1) is 12.2 Å². The number of hydrogen-bond acceptors (Lipinski definition) is 2. The lowest BCUT2D eigenvalue weighted by Gasteiger charge is -2.07. The number of anilines is 1. The number of halogens is 2. The molecular weight excluding hydrogens is 257 g/mol. The molecule has 0 saturated heterocycles. The van der Waals surface area contributed by atoms with Gasteiger partial charge in [-0.15, -0.1) is 0 Å². The Kier molecular flexibility index (Phi) is 3.60. The number of rotatable bonds is 3. The molecule has 1 N–H and O–H groups in total. The highest BCUT2D eigenvalue weighted by atomic mass is 35.5. The van der Waals surface area contributed by atoms with Gasteiger partial charge in [0.25, 0.3) is 0 Å². The molecule has 0 fully saturated rings. The Bertz CT molecular complexity index is 517. The normalized spacial score (nSPS) is 10.6. The summed E-state index contributed by atoms with van der Waals surface area (Å²) in [5.41, 5.74) is 3.15. The molecule has 1 aromatic heterocycles. The first-order chi connectivity index (χ1) is 8.08. The van der Waals surface area contributed by atoms with Crippen molar-refractivity contribution in [2.45, 2.75) is 13.5 Å². The van der Waals surface area contributed by atoms with Crippen LogP contribution >= 0.6 is 23.2 Å². The number of hydrogen-bond donors (Lipinski definition) is 1. The molecule has 0 unspecified atom stereocenters. The Labute approximate surface area is 110 Å². The lowest BCUT2D eigenvalue weighted by molar-refractivity contribution is 0.838. The Balaban J connectivity index is 2.09. The van der Waals surface area contributed by atoms with Gasteiger partial charge in [0.15, 0.2) is 5.15 Å². The van der Waals surface area contributed by atoms with E-state index in [1.165, 1.54) is 5.56 Å². The van der Waals surface area contributed by atoms with E-state index in [4.69, 9.17) is 23.2 Å². The Morgan fingerprint density at radius 1 is 1.24 bits per heavy atom. The molecule has 17 heavy (non-hydrogen) atoms. The van der Waals surface area contributed by atoms with Gasteiger partial charge in [0.1, 0.15) is 0 Å². The second-order valence-electron chi connectivity index (χ2n) is 3.90. The fraction of sp³-hybridized carbons (Fsp3) is 0.250. The van der Waals surface area contributed by atoms with Gasteiger partial charge in [-0.25, -0.2) is 4.98 Å². The van der Waals surface area contributed by atoms with Gasteiger partial charge in [-0.1, -0.05) is 29.3 Å². The van der Waals surface area contributed by atoms with E-state index in [0.717, 1.165) is 11.4 Å². The Morgan fingerprint density at radius 3 is 2.41 bits per heavy atom. The average molecular weight is 270 g/mol. The molecule has 2 aromatic rings. The summed E-state index contributed by atoms with van der Waals surface area (Å²) in [5.74, 6) is 0. The van der Waals surface area contributed by atoms with Crippen LogP contribution in [0.5, 0.6) is 0 Å². The van der Waals surface area contributed by atoms with E-state index in [0.29, 0.717) is 17.0 Å². The summed E-state index contributed by atoms with van der Waals surface area (Å²) >= 11 is 11.9. The number of aryl methyl sites for hydroxylation is 1. The van der Waals surface area contributed by atoms with Gasteiger partial charge in [-0.3, -0.25) is 0 Å². The average Bonchev–Trinajstić information content (AvgIpc) is 2.54. The minimum atomic E-state index is 0.399. The molecule has 5 heteroatoms. The van der Waals surface area contributed by atoms with Gasteiger partial charge in [-0.05, 0) is 30.7 Å². The van der Waals surface area contributed by atoms with Crippen molar-refractivity contribution in [2.24, 2.45) is 7.05 Å². The molecule has 3 nitrogen and oxygen atoms in total. The molecule has 0 bridgehead atoms. The summed E-state index contributed by atoms with van der Waals surface area (Å²) in [6.07, 6.45) is 0. The lowest BCUT2D eigenvalue weighted by atomic mass is 10.2. The van der Waals surface area contributed by atoms with E-state index >= 15 is 0 Å². The van der Waals surface area contributed by atoms with Crippen LogP contribution in [0.4, 0.5) is 5.69 Å². The fourth-order valence-corrected chi connectivity index (χ4v) is 2.02. The van der Waals surface area contributed by atoms with E-state index in [1.807, 2.05) is 19.2 Å². The summed E-state index contributed by atoms with van der Waals surface area (Å²) in [6, 6.07) is 8.17. The third kappa shape index (κ3) is 2.73. The van der Waals surface area contributed by atoms with E-state index in [2.05, 4.69) is 29.4 Å². The van der Waals surface area contributed by atoms with E-state index in [-0.39, 0.29) is 0 Å². The van der Waals surface area contributed by atoms with Crippen LogP contribution < -0.4 is 5.32 Å². The molecule has 1 aromatic carbocycles. The second kappa shape index (κ2) is 4.98. The van der Waals surface area contributed by atoms with E-state index in [9.17, 15) is 0 Å². The van der Waals surface area contributed by atoms with Crippen LogP contribution in [-0.2, 0) is 13.6 Å². The maximum absolute atomic E-state index is 5.99. The van der Waals surface area contributed by atoms with Crippen LogP contribution in [0.25, 0.3) is 0 Å². The van der Waals surface area contributed by atoms with Crippen molar-refractivity contribution in [3.63, 3.8) is 0 Å². The topological polar surface area (TPSA) is 29.9 Å². The molecule has 90 valence electrons. The lowest BCUT2D eigenvalue weighted by Crippen LogP contribution is -2.05. The summed E-state index contributed by atoms with van der Waals surface area (Å²) in [6.45, 7) is 2.65.